The molecule has 1 aliphatic rings. The summed E-state index contributed by atoms with van der Waals surface area (Å²) < 4.78 is 0. The van der Waals surface area contributed by atoms with Gasteiger partial charge in [0.05, 0.1) is 0 Å². The van der Waals surface area contributed by atoms with E-state index in [0.717, 1.165) is 19.4 Å². The first kappa shape index (κ1) is 15.8. The number of H-pyrrole nitrogens is 1. The number of pyridine rings is 1. The molecule has 0 aliphatic carbocycles. The molecule has 1 aliphatic heterocycles. The van der Waals surface area contributed by atoms with E-state index in [0.29, 0.717) is 12.2 Å². The van der Waals surface area contributed by atoms with Crippen LogP contribution in [-0.4, -0.2) is 42.0 Å². The van der Waals surface area contributed by atoms with Crippen LogP contribution in [0.2, 0.25) is 0 Å². The molecular weight excluding hydrogens is 266 g/mol. The second kappa shape index (κ2) is 8.62. The van der Waals surface area contributed by atoms with E-state index in [1.54, 1.807) is 12.1 Å². The summed E-state index contributed by atoms with van der Waals surface area (Å²) in [4.78, 5) is 28.0. The van der Waals surface area contributed by atoms with Gasteiger partial charge in [-0.25, -0.2) is 0 Å². The van der Waals surface area contributed by atoms with Gasteiger partial charge in [0.2, 0.25) is 5.56 Å². The van der Waals surface area contributed by atoms with Gasteiger partial charge in [-0.05, 0) is 51.4 Å². The quantitative estimate of drug-likeness (QED) is 0.785. The van der Waals surface area contributed by atoms with Crippen molar-refractivity contribution in [3.63, 3.8) is 0 Å². The molecule has 1 fully saturated rings. The van der Waals surface area contributed by atoms with Crippen molar-refractivity contribution < 1.29 is 4.79 Å². The van der Waals surface area contributed by atoms with Gasteiger partial charge in [-0.1, -0.05) is 18.9 Å². The smallest absolute Gasteiger partial charge is 0.267 e. The van der Waals surface area contributed by atoms with Crippen molar-refractivity contribution in [2.75, 3.05) is 26.2 Å². The van der Waals surface area contributed by atoms with E-state index < -0.39 is 0 Å². The third-order valence-electron chi connectivity index (χ3n) is 3.90. The lowest BCUT2D eigenvalue weighted by Crippen LogP contribution is -2.29. The molecule has 0 bridgehead atoms. The molecule has 0 spiro atoms. The highest BCUT2D eigenvalue weighted by Gasteiger charge is 2.08. The van der Waals surface area contributed by atoms with Crippen LogP contribution in [0.5, 0.6) is 0 Å². The lowest BCUT2D eigenvalue weighted by molar-refractivity contribution is 0.0947. The maximum atomic E-state index is 11.8. The number of likely N-dealkylation sites (tertiary alicyclic amines) is 1. The fourth-order valence-electron chi connectivity index (χ4n) is 2.70. The molecule has 1 aromatic heterocycles. The zero-order valence-electron chi connectivity index (χ0n) is 12.6. The van der Waals surface area contributed by atoms with Gasteiger partial charge in [0, 0.05) is 12.6 Å². The van der Waals surface area contributed by atoms with Crippen molar-refractivity contribution in [2.24, 2.45) is 0 Å². The van der Waals surface area contributed by atoms with Gasteiger partial charge in [-0.15, -0.1) is 0 Å². The van der Waals surface area contributed by atoms with Gasteiger partial charge in [0.1, 0.15) is 5.69 Å². The van der Waals surface area contributed by atoms with Crippen molar-refractivity contribution in [3.05, 3.63) is 34.2 Å². The average molecular weight is 291 g/mol. The minimum atomic E-state index is -0.246. The van der Waals surface area contributed by atoms with Gasteiger partial charge in [0.25, 0.3) is 5.91 Å². The van der Waals surface area contributed by atoms with Crippen LogP contribution in [0.15, 0.2) is 23.0 Å². The minimum absolute atomic E-state index is 0.206. The van der Waals surface area contributed by atoms with Crippen molar-refractivity contribution in [1.82, 2.24) is 15.2 Å². The number of nitrogens with one attached hydrogen (secondary N) is 2. The molecule has 1 amide bonds. The number of carbonyl (C=O) groups is 1. The maximum absolute atomic E-state index is 11.8. The first-order valence-electron chi connectivity index (χ1n) is 7.95. The second-order valence-electron chi connectivity index (χ2n) is 5.65. The maximum Gasteiger partial charge on any atom is 0.267 e. The van der Waals surface area contributed by atoms with Gasteiger partial charge < -0.3 is 15.2 Å². The number of aromatic nitrogens is 1. The molecular formula is C16H25N3O2. The monoisotopic (exact) mass is 291 g/mol. The largest absolute Gasteiger partial charge is 0.351 e. The fraction of sp³-hybridized carbons (Fsp3) is 0.625. The predicted octanol–water partition coefficient (Wildman–Crippen LogP) is 1.76. The van der Waals surface area contributed by atoms with Gasteiger partial charge >= 0.3 is 0 Å². The van der Waals surface area contributed by atoms with E-state index in [4.69, 9.17) is 0 Å². The molecule has 5 heteroatoms. The van der Waals surface area contributed by atoms with Crippen LogP contribution in [0.1, 0.15) is 49.0 Å². The summed E-state index contributed by atoms with van der Waals surface area (Å²) in [5.74, 6) is -0.206. The second-order valence-corrected chi connectivity index (χ2v) is 5.65. The Labute approximate surface area is 125 Å². The summed E-state index contributed by atoms with van der Waals surface area (Å²) in [6.45, 7) is 4.22. The van der Waals surface area contributed by atoms with Crippen molar-refractivity contribution >= 4 is 5.91 Å². The Morgan fingerprint density at radius 1 is 1.14 bits per heavy atom. The number of carbonyl (C=O) groups excluding carboxylic acids is 1. The summed E-state index contributed by atoms with van der Waals surface area (Å²) in [6, 6.07) is 4.61. The average Bonchev–Trinajstić information content (AvgIpc) is 2.75. The molecule has 2 heterocycles. The van der Waals surface area contributed by atoms with Gasteiger partial charge in [-0.3, -0.25) is 9.59 Å². The highest BCUT2D eigenvalue weighted by atomic mass is 16.2. The topological polar surface area (TPSA) is 65.2 Å². The Hall–Kier alpha value is -1.62. The molecule has 0 saturated carbocycles. The van der Waals surface area contributed by atoms with Crippen LogP contribution in [0, 0.1) is 0 Å². The summed E-state index contributed by atoms with van der Waals surface area (Å²) in [7, 11) is 0. The summed E-state index contributed by atoms with van der Waals surface area (Å²) in [5.41, 5.74) is 0.0823. The Balaban J connectivity index is 1.61. The molecule has 1 saturated heterocycles. The minimum Gasteiger partial charge on any atom is -0.351 e. The summed E-state index contributed by atoms with van der Waals surface area (Å²) in [6.07, 6.45) is 7.44. The highest BCUT2D eigenvalue weighted by molar-refractivity contribution is 5.92. The molecule has 0 radical (unpaired) electrons. The molecule has 0 atom stereocenters. The zero-order valence-corrected chi connectivity index (χ0v) is 12.6. The number of hydrogen-bond acceptors (Lipinski definition) is 3. The van der Waals surface area contributed by atoms with Crippen molar-refractivity contribution in [2.45, 2.75) is 38.5 Å². The lowest BCUT2D eigenvalue weighted by Gasteiger charge is -2.19. The molecule has 0 aromatic carbocycles. The molecule has 2 N–H and O–H groups in total. The zero-order chi connectivity index (χ0) is 14.9. The van der Waals surface area contributed by atoms with Crippen LogP contribution in [0.25, 0.3) is 0 Å². The first-order valence-corrected chi connectivity index (χ1v) is 7.95. The number of nitrogens with zero attached hydrogens (tertiary/aromatic N) is 1. The van der Waals surface area contributed by atoms with E-state index in [9.17, 15) is 9.59 Å². The van der Waals surface area contributed by atoms with Crippen molar-refractivity contribution in [1.29, 1.82) is 0 Å². The van der Waals surface area contributed by atoms with Gasteiger partial charge in [-0.2, -0.15) is 0 Å². The summed E-state index contributed by atoms with van der Waals surface area (Å²) in [5, 5.41) is 2.85. The van der Waals surface area contributed by atoms with Crippen molar-refractivity contribution in [3.8, 4) is 0 Å². The van der Waals surface area contributed by atoms with E-state index in [1.165, 1.54) is 44.8 Å². The number of amides is 1. The SMILES string of the molecule is O=C(NCCCCN1CCCCCC1)c1cccc(=O)[nH]1. The van der Waals surface area contributed by atoms with Crippen LogP contribution >= 0.6 is 0 Å². The Bertz CT molecular complexity index is 490. The van der Waals surface area contributed by atoms with E-state index in [2.05, 4.69) is 15.2 Å². The number of aromatic amines is 1. The molecule has 1 aromatic rings. The Kier molecular flexibility index (Phi) is 6.47. The van der Waals surface area contributed by atoms with Crippen LogP contribution < -0.4 is 10.9 Å². The molecule has 21 heavy (non-hydrogen) atoms. The Morgan fingerprint density at radius 3 is 2.62 bits per heavy atom. The molecule has 0 unspecified atom stereocenters. The number of rotatable bonds is 6. The van der Waals surface area contributed by atoms with Gasteiger partial charge in [0.15, 0.2) is 0 Å². The third kappa shape index (κ3) is 5.71. The lowest BCUT2D eigenvalue weighted by atomic mass is 10.2. The summed E-state index contributed by atoms with van der Waals surface area (Å²) >= 11 is 0. The standard InChI is InChI=1S/C16H25N3O2/c20-15-9-7-8-14(18-15)16(21)17-10-3-6-13-19-11-4-1-2-5-12-19/h7-9H,1-6,10-13H2,(H,17,21)(H,18,20). The molecule has 5 nitrogen and oxygen atoms in total. The predicted molar refractivity (Wildman–Crippen MR) is 83.5 cm³/mol. The van der Waals surface area contributed by atoms with E-state index >= 15 is 0 Å². The van der Waals surface area contributed by atoms with E-state index in [-0.39, 0.29) is 11.5 Å². The highest BCUT2D eigenvalue weighted by Crippen LogP contribution is 2.10. The van der Waals surface area contributed by atoms with Crippen LogP contribution in [-0.2, 0) is 0 Å². The number of unbranched alkanes of at least 4 members (excludes halogenated alkanes) is 1. The van der Waals surface area contributed by atoms with E-state index in [1.807, 2.05) is 0 Å². The Morgan fingerprint density at radius 2 is 1.90 bits per heavy atom. The van der Waals surface area contributed by atoms with Crippen LogP contribution in [0.3, 0.4) is 0 Å². The van der Waals surface area contributed by atoms with Crippen LogP contribution in [0.4, 0.5) is 0 Å². The molecule has 2 rings (SSSR count). The normalized spacial score (nSPS) is 16.4. The first-order chi connectivity index (χ1) is 10.3. The fourth-order valence-corrected chi connectivity index (χ4v) is 2.70. The third-order valence-corrected chi connectivity index (χ3v) is 3.90. The number of hydrogen-bond donors (Lipinski definition) is 2. The molecule has 116 valence electrons.